The molecular formula is C12H20N4O2. The summed E-state index contributed by atoms with van der Waals surface area (Å²) >= 11 is 0. The monoisotopic (exact) mass is 252 g/mol. The number of amides is 2. The van der Waals surface area contributed by atoms with Gasteiger partial charge in [0.25, 0.3) is 0 Å². The van der Waals surface area contributed by atoms with Crippen LogP contribution in [-0.2, 0) is 17.8 Å². The van der Waals surface area contributed by atoms with E-state index in [0.29, 0.717) is 12.3 Å². The third kappa shape index (κ3) is 2.98. The standard InChI is InChI=1S/C12H20N4O2/c1-4-9-6-5-7-11(10(9)8-18-3)16(14)12(17)15(2)13/h5-7H,4,8,13-14H2,1-3H3. The SMILES string of the molecule is CCc1cccc(N(N)C(=O)N(C)N)c1COC. The lowest BCUT2D eigenvalue weighted by Gasteiger charge is -2.24. The third-order valence-corrected chi connectivity index (χ3v) is 2.69. The number of hydrogen-bond acceptors (Lipinski definition) is 4. The number of methoxy groups -OCH3 is 1. The molecule has 0 fully saturated rings. The number of nitrogens with zero attached hydrogens (tertiary/aromatic N) is 2. The number of hydrogen-bond donors (Lipinski definition) is 2. The van der Waals surface area contributed by atoms with Crippen molar-refractivity contribution in [3.63, 3.8) is 0 Å². The zero-order valence-electron chi connectivity index (χ0n) is 11.0. The lowest BCUT2D eigenvalue weighted by atomic mass is 10.0. The summed E-state index contributed by atoms with van der Waals surface area (Å²) in [4.78, 5) is 11.8. The van der Waals surface area contributed by atoms with Crippen molar-refractivity contribution in [2.75, 3.05) is 19.2 Å². The van der Waals surface area contributed by atoms with Crippen LogP contribution in [0.2, 0.25) is 0 Å². The van der Waals surface area contributed by atoms with E-state index in [4.69, 9.17) is 16.4 Å². The summed E-state index contributed by atoms with van der Waals surface area (Å²) in [6.07, 6.45) is 0.840. The Bertz CT molecular complexity index is 421. The van der Waals surface area contributed by atoms with Crippen LogP contribution >= 0.6 is 0 Å². The summed E-state index contributed by atoms with van der Waals surface area (Å²) in [5.74, 6) is 11.2. The maximum absolute atomic E-state index is 11.8. The van der Waals surface area contributed by atoms with E-state index in [-0.39, 0.29) is 0 Å². The minimum Gasteiger partial charge on any atom is -0.380 e. The molecule has 0 bridgehead atoms. The van der Waals surface area contributed by atoms with Gasteiger partial charge in [0.15, 0.2) is 0 Å². The van der Waals surface area contributed by atoms with Gasteiger partial charge in [-0.3, -0.25) is 5.01 Å². The van der Waals surface area contributed by atoms with E-state index in [1.165, 1.54) is 7.05 Å². The van der Waals surface area contributed by atoms with Crippen molar-refractivity contribution in [1.29, 1.82) is 0 Å². The van der Waals surface area contributed by atoms with E-state index < -0.39 is 6.03 Å². The van der Waals surface area contributed by atoms with E-state index in [0.717, 1.165) is 27.6 Å². The predicted molar refractivity (Wildman–Crippen MR) is 70.5 cm³/mol. The summed E-state index contributed by atoms with van der Waals surface area (Å²) in [5, 5.41) is 1.97. The number of nitrogens with two attached hydrogens (primary N) is 2. The summed E-state index contributed by atoms with van der Waals surface area (Å²) < 4.78 is 5.16. The number of aryl methyl sites for hydroxylation is 1. The zero-order chi connectivity index (χ0) is 13.7. The molecule has 0 heterocycles. The van der Waals surface area contributed by atoms with Gasteiger partial charge in [-0.25, -0.2) is 21.5 Å². The summed E-state index contributed by atoms with van der Waals surface area (Å²) in [6.45, 7) is 2.44. The Morgan fingerprint density at radius 3 is 2.56 bits per heavy atom. The molecule has 0 aliphatic carbocycles. The van der Waals surface area contributed by atoms with Crippen molar-refractivity contribution in [2.45, 2.75) is 20.0 Å². The van der Waals surface area contributed by atoms with Crippen LogP contribution in [0.4, 0.5) is 10.5 Å². The Kier molecular flexibility index (Phi) is 5.08. The average molecular weight is 252 g/mol. The minimum absolute atomic E-state index is 0.397. The molecule has 0 aliphatic heterocycles. The Morgan fingerprint density at radius 1 is 1.39 bits per heavy atom. The van der Waals surface area contributed by atoms with Gasteiger partial charge < -0.3 is 4.74 Å². The molecule has 0 saturated carbocycles. The second kappa shape index (κ2) is 6.34. The molecule has 0 radical (unpaired) electrons. The molecule has 6 nitrogen and oxygen atoms in total. The molecule has 18 heavy (non-hydrogen) atoms. The van der Waals surface area contributed by atoms with Gasteiger partial charge in [-0.15, -0.1) is 0 Å². The molecule has 0 saturated heterocycles. The van der Waals surface area contributed by atoms with Gasteiger partial charge in [0.05, 0.1) is 12.3 Å². The summed E-state index contributed by atoms with van der Waals surface area (Å²) in [7, 11) is 3.05. The largest absolute Gasteiger partial charge is 0.380 e. The first kappa shape index (κ1) is 14.4. The molecule has 0 unspecified atom stereocenters. The number of carbonyl (C=O) groups excluding carboxylic acids is 1. The third-order valence-electron chi connectivity index (χ3n) is 2.69. The van der Waals surface area contributed by atoms with Gasteiger partial charge in [0.1, 0.15) is 0 Å². The molecule has 100 valence electrons. The van der Waals surface area contributed by atoms with Crippen molar-refractivity contribution in [1.82, 2.24) is 5.01 Å². The smallest absolute Gasteiger partial charge is 0.352 e. The number of hydrazine groups is 2. The molecule has 0 aliphatic rings. The van der Waals surface area contributed by atoms with Gasteiger partial charge in [0.2, 0.25) is 0 Å². The Morgan fingerprint density at radius 2 is 2.06 bits per heavy atom. The maximum atomic E-state index is 11.8. The number of anilines is 1. The van der Waals surface area contributed by atoms with Crippen LogP contribution in [0.1, 0.15) is 18.1 Å². The fourth-order valence-corrected chi connectivity index (χ4v) is 1.76. The van der Waals surface area contributed by atoms with Crippen LogP contribution in [0.15, 0.2) is 18.2 Å². The Hall–Kier alpha value is -1.63. The van der Waals surface area contributed by atoms with Crippen LogP contribution in [-0.4, -0.2) is 25.2 Å². The number of urea groups is 1. The molecule has 1 aromatic rings. The highest BCUT2D eigenvalue weighted by atomic mass is 16.5. The van der Waals surface area contributed by atoms with E-state index in [1.54, 1.807) is 13.2 Å². The van der Waals surface area contributed by atoms with E-state index >= 15 is 0 Å². The van der Waals surface area contributed by atoms with Gasteiger partial charge in [-0.05, 0) is 18.1 Å². The Labute approximate surface area is 107 Å². The molecule has 0 aromatic heterocycles. The molecule has 1 rings (SSSR count). The second-order valence-electron chi connectivity index (χ2n) is 3.96. The summed E-state index contributed by atoms with van der Waals surface area (Å²) in [5.41, 5.74) is 2.61. The van der Waals surface area contributed by atoms with Crippen LogP contribution in [0.3, 0.4) is 0 Å². The maximum Gasteiger partial charge on any atom is 0.352 e. The topological polar surface area (TPSA) is 84.8 Å². The first-order valence-corrected chi connectivity index (χ1v) is 5.69. The van der Waals surface area contributed by atoms with Crippen LogP contribution in [0.25, 0.3) is 0 Å². The Balaban J connectivity index is 3.18. The second-order valence-corrected chi connectivity index (χ2v) is 3.96. The molecule has 1 aromatic carbocycles. The quantitative estimate of drug-likeness (QED) is 0.475. The van der Waals surface area contributed by atoms with Gasteiger partial charge in [-0.1, -0.05) is 19.1 Å². The molecule has 2 amide bonds. The number of ether oxygens (including phenoxy) is 1. The van der Waals surface area contributed by atoms with Crippen LogP contribution in [0, 0.1) is 0 Å². The number of benzene rings is 1. The number of carbonyl (C=O) groups is 1. The highest BCUT2D eigenvalue weighted by Crippen LogP contribution is 2.24. The first-order valence-electron chi connectivity index (χ1n) is 5.69. The van der Waals surface area contributed by atoms with E-state index in [9.17, 15) is 4.79 Å². The normalized spacial score (nSPS) is 10.3. The van der Waals surface area contributed by atoms with Crippen molar-refractivity contribution in [2.24, 2.45) is 11.7 Å². The molecule has 0 atom stereocenters. The van der Waals surface area contributed by atoms with Crippen molar-refractivity contribution < 1.29 is 9.53 Å². The van der Waals surface area contributed by atoms with E-state index in [1.807, 2.05) is 19.1 Å². The lowest BCUT2D eigenvalue weighted by Crippen LogP contribution is -2.49. The first-order chi connectivity index (χ1) is 8.52. The lowest BCUT2D eigenvalue weighted by molar-refractivity contribution is 0.184. The average Bonchev–Trinajstić information content (AvgIpc) is 2.37. The molecule has 4 N–H and O–H groups in total. The fraction of sp³-hybridized carbons (Fsp3) is 0.417. The predicted octanol–water partition coefficient (Wildman–Crippen LogP) is 1.00. The zero-order valence-corrected chi connectivity index (χ0v) is 11.0. The molecule has 6 heteroatoms. The van der Waals surface area contributed by atoms with Crippen LogP contribution in [0.5, 0.6) is 0 Å². The van der Waals surface area contributed by atoms with Crippen LogP contribution < -0.4 is 16.7 Å². The van der Waals surface area contributed by atoms with Crippen molar-refractivity contribution >= 4 is 11.7 Å². The van der Waals surface area contributed by atoms with Gasteiger partial charge in [-0.2, -0.15) is 0 Å². The molecule has 0 spiro atoms. The van der Waals surface area contributed by atoms with Crippen molar-refractivity contribution in [3.8, 4) is 0 Å². The van der Waals surface area contributed by atoms with Gasteiger partial charge in [0, 0.05) is 19.7 Å². The van der Waals surface area contributed by atoms with E-state index in [2.05, 4.69) is 0 Å². The fourth-order valence-electron chi connectivity index (χ4n) is 1.76. The molecular weight excluding hydrogens is 232 g/mol. The highest BCUT2D eigenvalue weighted by molar-refractivity contribution is 5.91. The van der Waals surface area contributed by atoms with Crippen molar-refractivity contribution in [3.05, 3.63) is 29.3 Å². The minimum atomic E-state index is -0.486. The summed E-state index contributed by atoms with van der Waals surface area (Å²) in [6, 6.07) is 5.13. The number of rotatable bonds is 4. The van der Waals surface area contributed by atoms with Gasteiger partial charge >= 0.3 is 6.03 Å². The highest BCUT2D eigenvalue weighted by Gasteiger charge is 2.18.